The summed E-state index contributed by atoms with van der Waals surface area (Å²) in [5.74, 6) is 0.645. The van der Waals surface area contributed by atoms with Crippen LogP contribution in [0.25, 0.3) is 0 Å². The van der Waals surface area contributed by atoms with Crippen LogP contribution < -0.4 is 9.47 Å². The molecule has 1 aliphatic heterocycles. The lowest BCUT2D eigenvalue weighted by atomic mass is 10.1. The van der Waals surface area contributed by atoms with E-state index in [1.54, 1.807) is 12.1 Å². The summed E-state index contributed by atoms with van der Waals surface area (Å²) in [7, 11) is 0. The molecule has 3 aromatic carbocycles. The van der Waals surface area contributed by atoms with Crippen molar-refractivity contribution in [2.24, 2.45) is 0 Å². The molecule has 3 aromatic rings. The van der Waals surface area contributed by atoms with Crippen LogP contribution in [0.2, 0.25) is 0 Å². The number of nitrogens with zero attached hydrogens (tertiary/aromatic N) is 1. The molecule has 1 fully saturated rings. The highest BCUT2D eigenvalue weighted by Gasteiger charge is 2.39. The first-order valence-electron chi connectivity index (χ1n) is 11.1. The Balaban J connectivity index is 1.42. The predicted molar refractivity (Wildman–Crippen MR) is 131 cm³/mol. The quantitative estimate of drug-likeness (QED) is 0.381. The normalized spacial score (nSPS) is 15.6. The Kier molecular flexibility index (Phi) is 7.53. The number of carbonyl (C=O) groups excluding carboxylic acids is 2. The van der Waals surface area contributed by atoms with Crippen LogP contribution in [0.4, 0.5) is 9.18 Å². The van der Waals surface area contributed by atoms with Crippen LogP contribution in [-0.4, -0.2) is 27.9 Å². The maximum absolute atomic E-state index is 13.2. The van der Waals surface area contributed by atoms with Gasteiger partial charge in [0.2, 0.25) is 5.91 Å². The van der Waals surface area contributed by atoms with Crippen LogP contribution in [0.5, 0.6) is 11.5 Å². The summed E-state index contributed by atoms with van der Waals surface area (Å²) >= 11 is 1.02. The third-order valence-corrected chi connectivity index (χ3v) is 6.58. The second kappa shape index (κ2) is 10.7. The van der Waals surface area contributed by atoms with Crippen molar-refractivity contribution in [3.63, 3.8) is 0 Å². The van der Waals surface area contributed by atoms with Gasteiger partial charge in [0.1, 0.15) is 12.4 Å². The minimum Gasteiger partial charge on any atom is -0.490 e. The van der Waals surface area contributed by atoms with Gasteiger partial charge in [-0.3, -0.25) is 14.5 Å². The lowest BCUT2D eigenvalue weighted by Crippen LogP contribution is -2.31. The smallest absolute Gasteiger partial charge is 0.289 e. The molecular weight excluding hydrogens is 453 g/mol. The van der Waals surface area contributed by atoms with Gasteiger partial charge in [0, 0.05) is 0 Å². The summed E-state index contributed by atoms with van der Waals surface area (Å²) in [5.41, 5.74) is 3.84. The maximum Gasteiger partial charge on any atom is 0.289 e. The summed E-state index contributed by atoms with van der Waals surface area (Å²) in [6, 6.07) is 19.6. The van der Waals surface area contributed by atoms with Crippen LogP contribution >= 0.6 is 11.8 Å². The van der Waals surface area contributed by atoms with Crippen molar-refractivity contribution in [3.05, 3.63) is 94.8 Å². The summed E-state index contributed by atoms with van der Waals surface area (Å²) in [5, 5.41) is -0.802. The fraction of sp³-hybridized carbons (Fsp3) is 0.259. The fourth-order valence-electron chi connectivity index (χ4n) is 3.67. The number of hydrogen-bond acceptors (Lipinski definition) is 5. The van der Waals surface area contributed by atoms with Gasteiger partial charge in [-0.05, 0) is 61.2 Å². The van der Waals surface area contributed by atoms with Crippen LogP contribution in [0.3, 0.4) is 0 Å². The molecule has 0 aromatic heterocycles. The maximum atomic E-state index is 13.2. The van der Waals surface area contributed by atoms with Crippen molar-refractivity contribution < 1.29 is 23.5 Å². The molecule has 176 valence electrons. The van der Waals surface area contributed by atoms with Crippen molar-refractivity contribution in [1.29, 1.82) is 0 Å². The largest absolute Gasteiger partial charge is 0.490 e. The average molecular weight is 480 g/mol. The minimum atomic E-state index is -0.512. The lowest BCUT2D eigenvalue weighted by molar-refractivity contribution is -0.127. The molecule has 0 N–H and O–H groups in total. The Bertz CT molecular complexity index is 1160. The number of benzene rings is 3. The number of halogens is 1. The van der Waals surface area contributed by atoms with Gasteiger partial charge in [0.25, 0.3) is 5.24 Å². The number of imide groups is 1. The molecule has 0 aliphatic carbocycles. The Morgan fingerprint density at radius 2 is 1.56 bits per heavy atom. The predicted octanol–water partition coefficient (Wildman–Crippen LogP) is 5.92. The number of amides is 2. The standard InChI is InChI=1S/C27H26FNO4S/c1-3-32-24-14-21(10-13-23(24)33-17-20-6-4-18(2)5-7-20)15-25-26(30)29(27(31)34-25)16-19-8-11-22(28)12-9-19/h4-14,25H,3,15-17H2,1-2H3/t25-/m1/s1. The average Bonchev–Trinajstić information content (AvgIpc) is 3.08. The van der Waals surface area contributed by atoms with Gasteiger partial charge in [0.05, 0.1) is 18.4 Å². The van der Waals surface area contributed by atoms with E-state index in [4.69, 9.17) is 9.47 Å². The van der Waals surface area contributed by atoms with Crippen LogP contribution in [0.1, 0.15) is 29.2 Å². The second-order valence-corrected chi connectivity index (χ2v) is 9.27. The van der Waals surface area contributed by atoms with E-state index in [0.29, 0.717) is 36.7 Å². The summed E-state index contributed by atoms with van der Waals surface area (Å²) in [6.45, 7) is 4.98. The first-order chi connectivity index (χ1) is 16.4. The van der Waals surface area contributed by atoms with Gasteiger partial charge in [-0.1, -0.05) is 59.8 Å². The van der Waals surface area contributed by atoms with Gasteiger partial charge < -0.3 is 9.47 Å². The monoisotopic (exact) mass is 479 g/mol. The molecule has 7 heteroatoms. The molecular formula is C27H26FNO4S. The zero-order valence-corrected chi connectivity index (χ0v) is 19.9. The first kappa shape index (κ1) is 23.8. The molecule has 4 rings (SSSR count). The second-order valence-electron chi connectivity index (χ2n) is 8.12. The molecule has 0 radical (unpaired) electrons. The lowest BCUT2D eigenvalue weighted by Gasteiger charge is -2.15. The summed E-state index contributed by atoms with van der Waals surface area (Å²) in [6.07, 6.45) is 0.396. The summed E-state index contributed by atoms with van der Waals surface area (Å²) in [4.78, 5) is 26.6. The zero-order chi connectivity index (χ0) is 24.1. The van der Waals surface area contributed by atoms with Crippen molar-refractivity contribution in [1.82, 2.24) is 4.90 Å². The SMILES string of the molecule is CCOc1cc(C[C@H]2SC(=O)N(Cc3ccc(F)cc3)C2=O)ccc1OCc1ccc(C)cc1. The van der Waals surface area contributed by atoms with E-state index in [9.17, 15) is 14.0 Å². The number of carbonyl (C=O) groups is 2. The molecule has 0 saturated carbocycles. The first-order valence-corrected chi connectivity index (χ1v) is 12.0. The Hall–Kier alpha value is -3.32. The molecule has 1 atom stereocenters. The van der Waals surface area contributed by atoms with Gasteiger partial charge >= 0.3 is 0 Å². The molecule has 1 heterocycles. The molecule has 34 heavy (non-hydrogen) atoms. The zero-order valence-electron chi connectivity index (χ0n) is 19.1. The molecule has 5 nitrogen and oxygen atoms in total. The summed E-state index contributed by atoms with van der Waals surface area (Å²) < 4.78 is 24.9. The van der Waals surface area contributed by atoms with Crippen LogP contribution in [0, 0.1) is 12.7 Å². The third kappa shape index (κ3) is 5.78. The number of rotatable bonds is 9. The Labute approximate surface area is 202 Å². The Morgan fingerprint density at radius 3 is 2.26 bits per heavy atom. The van der Waals surface area contributed by atoms with E-state index in [2.05, 4.69) is 0 Å². The molecule has 0 spiro atoms. The topological polar surface area (TPSA) is 55.8 Å². The van der Waals surface area contributed by atoms with Crippen LogP contribution in [0.15, 0.2) is 66.7 Å². The number of thioether (sulfide) groups is 1. The number of hydrogen-bond donors (Lipinski definition) is 0. The van der Waals surface area contributed by atoms with Gasteiger partial charge in [-0.2, -0.15) is 0 Å². The van der Waals surface area contributed by atoms with E-state index in [0.717, 1.165) is 22.9 Å². The van der Waals surface area contributed by atoms with Crippen LogP contribution in [-0.2, 0) is 24.4 Å². The van der Waals surface area contributed by atoms with Crippen molar-refractivity contribution >= 4 is 22.9 Å². The van der Waals surface area contributed by atoms with E-state index in [1.165, 1.54) is 22.6 Å². The van der Waals surface area contributed by atoms with Crippen molar-refractivity contribution in [2.75, 3.05) is 6.61 Å². The van der Waals surface area contributed by atoms with Gasteiger partial charge in [-0.25, -0.2) is 4.39 Å². The number of aryl methyl sites for hydroxylation is 1. The molecule has 1 aliphatic rings. The highest BCUT2D eigenvalue weighted by Crippen LogP contribution is 2.34. The fourth-order valence-corrected chi connectivity index (χ4v) is 4.70. The molecule has 2 amide bonds. The van der Waals surface area contributed by atoms with E-state index < -0.39 is 5.25 Å². The molecule has 0 unspecified atom stereocenters. The Morgan fingerprint density at radius 1 is 0.882 bits per heavy atom. The van der Waals surface area contributed by atoms with E-state index >= 15 is 0 Å². The molecule has 1 saturated heterocycles. The van der Waals surface area contributed by atoms with E-state index in [-0.39, 0.29) is 23.5 Å². The van der Waals surface area contributed by atoms with Gasteiger partial charge in [-0.15, -0.1) is 0 Å². The number of ether oxygens (including phenoxy) is 2. The molecule has 0 bridgehead atoms. The van der Waals surface area contributed by atoms with Crippen molar-refractivity contribution in [2.45, 2.75) is 38.7 Å². The highest BCUT2D eigenvalue weighted by atomic mass is 32.2. The van der Waals surface area contributed by atoms with Crippen molar-refractivity contribution in [3.8, 4) is 11.5 Å². The minimum absolute atomic E-state index is 0.136. The highest BCUT2D eigenvalue weighted by molar-refractivity contribution is 8.15. The van der Waals surface area contributed by atoms with E-state index in [1.807, 2.05) is 56.3 Å². The van der Waals surface area contributed by atoms with Gasteiger partial charge in [0.15, 0.2) is 11.5 Å². The third-order valence-electron chi connectivity index (χ3n) is 5.50.